The first-order valence-corrected chi connectivity index (χ1v) is 6.37. The van der Waals surface area contributed by atoms with Gasteiger partial charge in [0.1, 0.15) is 5.75 Å². The Balaban J connectivity index is 3.04. The molecule has 6 heteroatoms. The number of hydrogen-bond acceptors (Lipinski definition) is 3. The molecule has 0 fully saturated rings. The van der Waals surface area contributed by atoms with Gasteiger partial charge in [-0.05, 0) is 49.6 Å². The van der Waals surface area contributed by atoms with Crippen molar-refractivity contribution in [1.82, 2.24) is 0 Å². The highest BCUT2D eigenvalue weighted by atomic mass is 79.9. The van der Waals surface area contributed by atoms with Crippen molar-refractivity contribution in [3.8, 4) is 5.75 Å². The number of phenols is 1. The van der Waals surface area contributed by atoms with Crippen molar-refractivity contribution in [2.45, 2.75) is 19.0 Å². The van der Waals surface area contributed by atoms with Crippen molar-refractivity contribution < 1.29 is 19.0 Å². The molecule has 0 amide bonds. The summed E-state index contributed by atoms with van der Waals surface area (Å²) in [6.45, 7) is 1.58. The summed E-state index contributed by atoms with van der Waals surface area (Å²) < 4.78 is 18.9. The number of esters is 1. The second-order valence-electron chi connectivity index (χ2n) is 3.55. The Morgan fingerprint density at radius 2 is 1.88 bits per heavy atom. The van der Waals surface area contributed by atoms with Gasteiger partial charge in [0.2, 0.25) is 6.17 Å². The van der Waals surface area contributed by atoms with E-state index in [1.807, 2.05) is 0 Å². The lowest BCUT2D eigenvalue weighted by Crippen LogP contribution is -2.23. The highest BCUT2D eigenvalue weighted by Gasteiger charge is 2.27. The molecule has 0 aliphatic carbocycles. The lowest BCUT2D eigenvalue weighted by Gasteiger charge is -2.16. The van der Waals surface area contributed by atoms with Gasteiger partial charge in [-0.25, -0.2) is 9.18 Å². The summed E-state index contributed by atoms with van der Waals surface area (Å²) in [5, 5.41) is 9.53. The number of ether oxygens (including phenoxy) is 1. The molecular formula is C11H11Br2FO3. The minimum absolute atomic E-state index is 0.0365. The summed E-state index contributed by atoms with van der Waals surface area (Å²) in [6, 6.07) is 3.14. The molecule has 2 unspecified atom stereocenters. The number of aromatic hydroxyl groups is 1. The Morgan fingerprint density at radius 3 is 2.29 bits per heavy atom. The number of hydrogen-bond donors (Lipinski definition) is 1. The fourth-order valence-corrected chi connectivity index (χ4v) is 2.56. The normalized spacial score (nSPS) is 14.2. The van der Waals surface area contributed by atoms with E-state index in [0.717, 1.165) is 7.11 Å². The van der Waals surface area contributed by atoms with Crippen molar-refractivity contribution in [2.75, 3.05) is 7.11 Å². The fourth-order valence-electron chi connectivity index (χ4n) is 1.33. The van der Waals surface area contributed by atoms with Crippen molar-refractivity contribution in [3.05, 3.63) is 26.6 Å². The topological polar surface area (TPSA) is 46.5 Å². The van der Waals surface area contributed by atoms with Gasteiger partial charge in [-0.2, -0.15) is 0 Å². The average molecular weight is 370 g/mol. The van der Waals surface area contributed by atoms with Crippen LogP contribution in [0.15, 0.2) is 21.1 Å². The van der Waals surface area contributed by atoms with Gasteiger partial charge in [0.25, 0.3) is 0 Å². The number of rotatable bonds is 3. The molecule has 1 rings (SSSR count). The second-order valence-corrected chi connectivity index (χ2v) is 5.26. The van der Waals surface area contributed by atoms with Gasteiger partial charge in [-0.15, -0.1) is 0 Å². The molecule has 0 radical (unpaired) electrons. The van der Waals surface area contributed by atoms with Gasteiger partial charge in [-0.3, -0.25) is 0 Å². The molecule has 0 aliphatic heterocycles. The van der Waals surface area contributed by atoms with Crippen LogP contribution < -0.4 is 0 Å². The van der Waals surface area contributed by atoms with Gasteiger partial charge in [-0.1, -0.05) is 6.92 Å². The van der Waals surface area contributed by atoms with E-state index < -0.39 is 18.1 Å². The Morgan fingerprint density at radius 1 is 1.41 bits per heavy atom. The van der Waals surface area contributed by atoms with Crippen molar-refractivity contribution >= 4 is 37.8 Å². The molecule has 1 N–H and O–H groups in total. The molecule has 1 aromatic carbocycles. The maximum Gasteiger partial charge on any atom is 0.341 e. The summed E-state index contributed by atoms with van der Waals surface area (Å²) in [5.41, 5.74) is 0.583. The Kier molecular flexibility index (Phi) is 4.94. The predicted octanol–water partition coefficient (Wildman–Crippen LogP) is 3.53. The first kappa shape index (κ1) is 14.4. The molecule has 0 saturated heterocycles. The number of halogens is 3. The molecule has 0 heterocycles. The first-order valence-electron chi connectivity index (χ1n) is 4.78. The van der Waals surface area contributed by atoms with Gasteiger partial charge in [0, 0.05) is 5.92 Å². The van der Waals surface area contributed by atoms with E-state index in [2.05, 4.69) is 36.6 Å². The molecule has 0 bridgehead atoms. The molecule has 1 aromatic rings. The quantitative estimate of drug-likeness (QED) is 0.829. The van der Waals surface area contributed by atoms with Crippen LogP contribution in [0.5, 0.6) is 5.75 Å². The molecule has 0 aliphatic rings. The molecule has 94 valence electrons. The zero-order valence-electron chi connectivity index (χ0n) is 9.21. The minimum atomic E-state index is -1.73. The second kappa shape index (κ2) is 5.82. The standard InChI is InChI=1S/C11H11Br2FO3/c1-5(9(14)11(16)17-2)6-3-7(12)10(15)8(13)4-6/h3-5,9,15H,1-2H3. The molecule has 0 spiro atoms. The van der Waals surface area contributed by atoms with Gasteiger partial charge in [0.05, 0.1) is 16.1 Å². The van der Waals surface area contributed by atoms with E-state index in [4.69, 9.17) is 0 Å². The summed E-state index contributed by atoms with van der Waals surface area (Å²) in [4.78, 5) is 11.1. The van der Waals surface area contributed by atoms with Crippen LogP contribution in [-0.2, 0) is 9.53 Å². The maximum atomic E-state index is 13.7. The Bertz CT molecular complexity index is 414. The molecular weight excluding hydrogens is 359 g/mol. The third kappa shape index (κ3) is 3.19. The zero-order chi connectivity index (χ0) is 13.2. The number of alkyl halides is 1. The van der Waals surface area contributed by atoms with Crippen molar-refractivity contribution in [2.24, 2.45) is 0 Å². The summed E-state index contributed by atoms with van der Waals surface area (Å²) in [6.07, 6.45) is -1.73. The lowest BCUT2D eigenvalue weighted by atomic mass is 9.96. The van der Waals surface area contributed by atoms with E-state index in [1.165, 1.54) is 0 Å². The van der Waals surface area contributed by atoms with E-state index in [0.29, 0.717) is 14.5 Å². The molecule has 17 heavy (non-hydrogen) atoms. The van der Waals surface area contributed by atoms with E-state index in [9.17, 15) is 14.3 Å². The highest BCUT2D eigenvalue weighted by Crippen LogP contribution is 2.36. The minimum Gasteiger partial charge on any atom is -0.506 e. The number of methoxy groups -OCH3 is 1. The van der Waals surface area contributed by atoms with Crippen LogP contribution in [0, 0.1) is 0 Å². The SMILES string of the molecule is COC(=O)C(F)C(C)c1cc(Br)c(O)c(Br)c1. The van der Waals surface area contributed by atoms with Gasteiger partial charge >= 0.3 is 5.97 Å². The first-order chi connectivity index (χ1) is 7.88. The van der Waals surface area contributed by atoms with Crippen molar-refractivity contribution in [3.63, 3.8) is 0 Å². The summed E-state index contributed by atoms with van der Waals surface area (Å²) >= 11 is 6.30. The van der Waals surface area contributed by atoms with E-state index in [-0.39, 0.29) is 5.75 Å². The van der Waals surface area contributed by atoms with Crippen LogP contribution in [0.3, 0.4) is 0 Å². The van der Waals surface area contributed by atoms with E-state index >= 15 is 0 Å². The maximum absolute atomic E-state index is 13.7. The van der Waals surface area contributed by atoms with Crippen LogP contribution in [0.2, 0.25) is 0 Å². The number of phenolic OH excluding ortho intramolecular Hbond substituents is 1. The largest absolute Gasteiger partial charge is 0.506 e. The fraction of sp³-hybridized carbons (Fsp3) is 0.364. The highest BCUT2D eigenvalue weighted by molar-refractivity contribution is 9.11. The van der Waals surface area contributed by atoms with Crippen LogP contribution in [0.25, 0.3) is 0 Å². The summed E-state index contributed by atoms with van der Waals surface area (Å²) in [7, 11) is 1.14. The van der Waals surface area contributed by atoms with Crippen LogP contribution in [0.1, 0.15) is 18.4 Å². The molecule has 0 saturated carbocycles. The summed E-state index contributed by atoms with van der Waals surface area (Å²) in [5.74, 6) is -1.53. The third-order valence-corrected chi connectivity index (χ3v) is 3.64. The molecule has 2 atom stereocenters. The van der Waals surface area contributed by atoms with Gasteiger partial charge in [0.15, 0.2) is 0 Å². The smallest absolute Gasteiger partial charge is 0.341 e. The van der Waals surface area contributed by atoms with E-state index in [1.54, 1.807) is 19.1 Å². The monoisotopic (exact) mass is 368 g/mol. The zero-order valence-corrected chi connectivity index (χ0v) is 12.4. The predicted molar refractivity (Wildman–Crippen MR) is 68.8 cm³/mol. The lowest BCUT2D eigenvalue weighted by molar-refractivity contribution is -0.147. The molecule has 3 nitrogen and oxygen atoms in total. The van der Waals surface area contributed by atoms with Crippen molar-refractivity contribution in [1.29, 1.82) is 0 Å². The third-order valence-electron chi connectivity index (χ3n) is 2.43. The Labute approximate surface area is 115 Å². The van der Waals surface area contributed by atoms with Crippen LogP contribution in [0.4, 0.5) is 4.39 Å². The van der Waals surface area contributed by atoms with Crippen LogP contribution in [-0.4, -0.2) is 24.4 Å². The number of carbonyl (C=O) groups is 1. The van der Waals surface area contributed by atoms with Gasteiger partial charge < -0.3 is 9.84 Å². The van der Waals surface area contributed by atoms with Crippen LogP contribution >= 0.6 is 31.9 Å². The molecule has 0 aromatic heterocycles. The average Bonchev–Trinajstić information content (AvgIpc) is 2.32. The Hall–Kier alpha value is -0.620. The number of carbonyl (C=O) groups excluding carboxylic acids is 1. The number of benzene rings is 1.